The Morgan fingerprint density at radius 2 is 1.46 bits per heavy atom. The van der Waals surface area contributed by atoms with Crippen LogP contribution in [0.15, 0.2) is 90.5 Å². The van der Waals surface area contributed by atoms with Gasteiger partial charge in [-0.2, -0.15) is 5.26 Å². The molecule has 8 rings (SSSR count). The van der Waals surface area contributed by atoms with E-state index in [1.807, 2.05) is 47.4 Å². The zero-order valence-electron chi connectivity index (χ0n) is 46.9. The Kier molecular flexibility index (Phi) is 18.7. The summed E-state index contributed by atoms with van der Waals surface area (Å²) < 4.78 is 41.2. The maximum atomic E-state index is 15.1. The highest BCUT2D eigenvalue weighted by molar-refractivity contribution is 7.44. The first kappa shape index (κ1) is 56.2. The molecule has 3 aromatic rings. The number of fused-ring (bicyclic) bond motifs is 5. The molecule has 5 aliphatic rings. The molecule has 10 nitrogen and oxygen atoms in total. The highest BCUT2D eigenvalue weighted by Crippen LogP contribution is 2.67. The highest BCUT2D eigenvalue weighted by atomic mass is 31.2. The van der Waals surface area contributed by atoms with Crippen molar-refractivity contribution in [3.05, 3.63) is 107 Å². The molecule has 74 heavy (non-hydrogen) atoms. The zero-order valence-corrected chi connectivity index (χ0v) is 47.8. The summed E-state index contributed by atoms with van der Waals surface area (Å²) in [7, 11) is 1.79. The number of nitrogens with zero attached hydrogens (tertiary/aromatic N) is 3. The van der Waals surface area contributed by atoms with Crippen LogP contribution in [0.4, 0.5) is 4.79 Å². The summed E-state index contributed by atoms with van der Waals surface area (Å²) in [5.41, 5.74) is 3.81. The molecule has 1 heterocycles. The van der Waals surface area contributed by atoms with E-state index in [9.17, 15) is 5.26 Å². The largest absolute Gasteiger partial charge is 0.497 e. The maximum Gasteiger partial charge on any atom is 0.410 e. The predicted octanol–water partition coefficient (Wildman–Crippen LogP) is 15.3. The molecule has 1 aliphatic heterocycles. The van der Waals surface area contributed by atoms with Crippen LogP contribution in [0.2, 0.25) is 0 Å². The van der Waals surface area contributed by atoms with Gasteiger partial charge in [-0.05, 0) is 166 Å². The molecular weight excluding hydrogens is 942 g/mol. The number of hydrogen-bond acceptors (Lipinski definition) is 9. The Hall–Kier alpha value is -3.97. The van der Waals surface area contributed by atoms with Crippen molar-refractivity contribution in [2.24, 2.45) is 46.3 Å². The Labute approximate surface area is 447 Å². The van der Waals surface area contributed by atoms with Crippen LogP contribution in [0, 0.1) is 57.7 Å². The molecule has 3 saturated carbocycles. The summed E-state index contributed by atoms with van der Waals surface area (Å²) in [5, 5.41) is 9.47. The van der Waals surface area contributed by atoms with Gasteiger partial charge in [-0.1, -0.05) is 120 Å². The molecule has 4 fully saturated rings. The van der Waals surface area contributed by atoms with Crippen LogP contribution < -0.4 is 9.47 Å². The Morgan fingerprint density at radius 3 is 2.07 bits per heavy atom. The second kappa shape index (κ2) is 24.6. The first-order valence-electron chi connectivity index (χ1n) is 28.5. The SMILES string of the molecule is COc1ccc(C(OC[C@@H]2C[C@@H](OP(OCCC#N)N(C(C)C)C(C)C)CN2C(=O)O[C@H]2CC[C@@]3(C)C(=CC[C@H]4[C@@H]5CC[C@H]([C@H](C)CCCC(C)C)[C@@]5(C)CC[C@@H]43)C2)(c2ccccc2)c2ccc(OC)cc2)cc1. The van der Waals surface area contributed by atoms with Gasteiger partial charge in [0.25, 0.3) is 8.53 Å². The molecule has 0 aromatic heterocycles. The number of nitriles is 1. The summed E-state index contributed by atoms with van der Waals surface area (Å²) >= 11 is 0. The lowest BCUT2D eigenvalue weighted by Gasteiger charge is -2.58. The van der Waals surface area contributed by atoms with E-state index in [1.54, 1.807) is 14.2 Å². The van der Waals surface area contributed by atoms with Crippen LogP contribution in [-0.4, -0.2) is 80.0 Å². The Morgan fingerprint density at radius 1 is 0.811 bits per heavy atom. The topological polar surface area (TPSA) is 103 Å². The monoisotopic (exact) mass is 1030 g/mol. The molecule has 11 heteroatoms. The minimum Gasteiger partial charge on any atom is -0.497 e. The molecule has 1 amide bonds. The molecule has 404 valence electrons. The van der Waals surface area contributed by atoms with Crippen molar-refractivity contribution in [2.75, 3.05) is 34.0 Å². The van der Waals surface area contributed by atoms with Crippen LogP contribution in [-0.2, 0) is 24.1 Å². The Bertz CT molecular complexity index is 2300. The normalized spacial score (nSPS) is 28.6. The van der Waals surface area contributed by atoms with Crippen molar-refractivity contribution < 1.29 is 32.8 Å². The first-order valence-corrected chi connectivity index (χ1v) is 29.6. The van der Waals surface area contributed by atoms with E-state index < -0.39 is 14.1 Å². The molecule has 0 bridgehead atoms. The average molecular weight is 1030 g/mol. The zero-order chi connectivity index (χ0) is 52.8. The number of hydrogen-bond donors (Lipinski definition) is 0. The van der Waals surface area contributed by atoms with Gasteiger partial charge >= 0.3 is 6.09 Å². The average Bonchev–Trinajstić information content (AvgIpc) is 3.99. The highest BCUT2D eigenvalue weighted by Gasteiger charge is 2.59. The van der Waals surface area contributed by atoms with Gasteiger partial charge in [0.15, 0.2) is 0 Å². The van der Waals surface area contributed by atoms with Gasteiger partial charge in [0.2, 0.25) is 0 Å². The molecular formula is C63H90N3O7P. The maximum absolute atomic E-state index is 15.1. The van der Waals surface area contributed by atoms with Crippen LogP contribution in [0.5, 0.6) is 11.5 Å². The molecule has 1 unspecified atom stereocenters. The van der Waals surface area contributed by atoms with Crippen molar-refractivity contribution >= 4 is 14.6 Å². The van der Waals surface area contributed by atoms with E-state index in [2.05, 4.69) is 116 Å². The molecule has 3 aromatic carbocycles. The van der Waals surface area contributed by atoms with Gasteiger partial charge in [-0.3, -0.25) is 0 Å². The summed E-state index contributed by atoms with van der Waals surface area (Å²) in [6, 6.07) is 28.5. The van der Waals surface area contributed by atoms with Crippen LogP contribution in [0.1, 0.15) is 162 Å². The summed E-state index contributed by atoms with van der Waals surface area (Å²) in [6.45, 7) is 21.9. The fourth-order valence-corrected chi connectivity index (χ4v) is 16.7. The third kappa shape index (κ3) is 11.8. The Balaban J connectivity index is 1.05. The summed E-state index contributed by atoms with van der Waals surface area (Å²) in [5.74, 6) is 6.14. The fourth-order valence-electron chi connectivity index (χ4n) is 15.0. The second-order valence-electron chi connectivity index (χ2n) is 24.2. The lowest BCUT2D eigenvalue weighted by molar-refractivity contribution is -0.0605. The standard InChI is InChI=1S/C63H90N3O7P/c1-43(2)17-15-18-46(7)57-31-32-58-56-30-25-50-39-54(33-35-61(50,8)59(56)34-36-62(57,58)9)72-60(67)65-41-55(73-74(71-38-16-37-64)66(44(3)4)45(5)6)40-51(65)42-70-63(47-19-13-12-14-20-47,48-21-26-52(68-10)27-22-48)49-23-28-53(69-11)29-24-49/h12-14,19-29,43-46,51,54-59H,15-18,30-36,38-42H2,1-11H3/t46-,51+,54+,55-,56+,57-,58+,59+,61+,62-,74?/m1/s1. The van der Waals surface area contributed by atoms with Crippen LogP contribution in [0.3, 0.4) is 0 Å². The van der Waals surface area contributed by atoms with E-state index in [4.69, 9.17) is 28.0 Å². The fraction of sp³-hybridized carbons (Fsp3) is 0.651. The van der Waals surface area contributed by atoms with E-state index in [0.717, 1.165) is 83.5 Å². The molecule has 0 N–H and O–H groups in total. The van der Waals surface area contributed by atoms with Gasteiger partial charge in [0, 0.05) is 18.5 Å². The van der Waals surface area contributed by atoms with Gasteiger partial charge in [-0.25, -0.2) is 9.46 Å². The molecule has 1 saturated heterocycles. The second-order valence-corrected chi connectivity index (χ2v) is 25.6. The van der Waals surface area contributed by atoms with Gasteiger partial charge < -0.3 is 32.9 Å². The molecule has 11 atom stereocenters. The van der Waals surface area contributed by atoms with Gasteiger partial charge in [0.1, 0.15) is 23.2 Å². The smallest absolute Gasteiger partial charge is 0.410 e. The molecule has 4 aliphatic carbocycles. The lowest BCUT2D eigenvalue weighted by atomic mass is 9.47. The van der Waals surface area contributed by atoms with Crippen molar-refractivity contribution in [2.45, 2.75) is 182 Å². The van der Waals surface area contributed by atoms with Crippen LogP contribution >= 0.6 is 8.53 Å². The van der Waals surface area contributed by atoms with Crippen molar-refractivity contribution in [3.8, 4) is 17.6 Å². The quantitative estimate of drug-likeness (QED) is 0.0421. The number of benzene rings is 3. The number of methoxy groups -OCH3 is 2. The summed E-state index contributed by atoms with van der Waals surface area (Å²) in [6.07, 6.45) is 15.9. The number of rotatable bonds is 22. The number of carbonyl (C=O) groups is 1. The number of ether oxygens (including phenoxy) is 4. The van der Waals surface area contributed by atoms with Crippen molar-refractivity contribution in [1.82, 2.24) is 9.57 Å². The number of likely N-dealkylation sites (tertiary alicyclic amines) is 1. The summed E-state index contributed by atoms with van der Waals surface area (Å²) in [4.78, 5) is 17.0. The predicted molar refractivity (Wildman–Crippen MR) is 297 cm³/mol. The van der Waals surface area contributed by atoms with E-state index in [-0.39, 0.29) is 61.5 Å². The third-order valence-corrected chi connectivity index (χ3v) is 20.9. The molecule has 0 radical (unpaired) electrons. The van der Waals surface area contributed by atoms with E-state index >= 15 is 4.79 Å². The number of allylic oxidation sites excluding steroid dienone is 1. The van der Waals surface area contributed by atoms with Crippen LogP contribution in [0.25, 0.3) is 0 Å². The van der Waals surface area contributed by atoms with Crippen molar-refractivity contribution in [3.63, 3.8) is 0 Å². The van der Waals surface area contributed by atoms with Crippen molar-refractivity contribution in [1.29, 1.82) is 5.26 Å². The van der Waals surface area contributed by atoms with E-state index in [0.29, 0.717) is 24.3 Å². The minimum absolute atomic E-state index is 0.132. The minimum atomic E-state index is -1.56. The third-order valence-electron chi connectivity index (χ3n) is 18.7. The lowest BCUT2D eigenvalue weighted by Crippen LogP contribution is -2.51. The number of amides is 1. The van der Waals surface area contributed by atoms with E-state index in [1.165, 1.54) is 50.5 Å². The van der Waals surface area contributed by atoms with Gasteiger partial charge in [0.05, 0.1) is 58.6 Å². The van der Waals surface area contributed by atoms with Gasteiger partial charge in [-0.15, -0.1) is 0 Å². The molecule has 0 spiro atoms. The number of carbonyl (C=O) groups excluding carboxylic acids is 1. The first-order chi connectivity index (χ1) is 35.6.